The van der Waals surface area contributed by atoms with Gasteiger partial charge in [0, 0.05) is 17.8 Å². The van der Waals surface area contributed by atoms with E-state index in [0.29, 0.717) is 17.6 Å². The van der Waals surface area contributed by atoms with Crippen LogP contribution < -0.4 is 16.5 Å². The second-order valence-electron chi connectivity index (χ2n) is 7.98. The van der Waals surface area contributed by atoms with E-state index in [9.17, 15) is 14.7 Å². The highest BCUT2D eigenvalue weighted by Crippen LogP contribution is 2.36. The van der Waals surface area contributed by atoms with E-state index in [1.807, 2.05) is 11.5 Å². The van der Waals surface area contributed by atoms with Crippen LogP contribution >= 0.6 is 0 Å². The minimum Gasteiger partial charge on any atom is -0.477 e. The first-order chi connectivity index (χ1) is 13.3. The molecule has 1 atom stereocenters. The van der Waals surface area contributed by atoms with E-state index in [0.717, 1.165) is 32.4 Å². The molecule has 4 rings (SSSR count). The number of nitrogens with two attached hydrogens (primary N) is 1. The summed E-state index contributed by atoms with van der Waals surface area (Å²) in [5.41, 5.74) is 6.02. The summed E-state index contributed by atoms with van der Waals surface area (Å²) in [4.78, 5) is 26.8. The van der Waals surface area contributed by atoms with Gasteiger partial charge < -0.3 is 25.6 Å². The lowest BCUT2D eigenvalue weighted by atomic mass is 10.0. The molecule has 150 valence electrons. The van der Waals surface area contributed by atoms with Gasteiger partial charge >= 0.3 is 5.97 Å². The molecular weight excluding hydrogens is 363 g/mol. The molecule has 0 spiro atoms. The number of hydrogen-bond donors (Lipinski definition) is 3. The number of carboxylic acids is 1. The molecule has 8 heteroatoms. The molecule has 2 aromatic rings. The van der Waals surface area contributed by atoms with Gasteiger partial charge in [-0.15, -0.1) is 0 Å². The second-order valence-corrected chi connectivity index (χ2v) is 7.98. The third-order valence-corrected chi connectivity index (χ3v) is 6.10. The van der Waals surface area contributed by atoms with Crippen molar-refractivity contribution in [2.45, 2.75) is 44.7 Å². The number of piperidine rings is 1. The van der Waals surface area contributed by atoms with Gasteiger partial charge in [-0.3, -0.25) is 4.79 Å². The molecule has 0 radical (unpaired) electrons. The number of nitrogens with one attached hydrogen (secondary N) is 1. The Morgan fingerprint density at radius 2 is 2.00 bits per heavy atom. The number of nitrogen functional groups attached to an aromatic ring is 1. The Morgan fingerprint density at radius 3 is 2.64 bits per heavy atom. The number of rotatable bonds is 3. The molecule has 0 unspecified atom stereocenters. The number of hydrogen-bond acceptors (Lipinski definition) is 5. The number of fused-ring (bicyclic) bond motifs is 3. The topological polar surface area (TPSA) is 101 Å². The van der Waals surface area contributed by atoms with Crippen LogP contribution in [0.4, 0.5) is 15.8 Å². The Labute approximate surface area is 161 Å². The predicted octanol–water partition coefficient (Wildman–Crippen LogP) is 2.43. The van der Waals surface area contributed by atoms with Crippen LogP contribution in [0.15, 0.2) is 10.9 Å². The van der Waals surface area contributed by atoms with Gasteiger partial charge in [0.25, 0.3) is 0 Å². The first kappa shape index (κ1) is 18.7. The molecule has 3 heterocycles. The lowest BCUT2D eigenvalue weighted by molar-refractivity contribution is 0.0694. The van der Waals surface area contributed by atoms with E-state index in [-0.39, 0.29) is 34.4 Å². The Kier molecular flexibility index (Phi) is 4.53. The fourth-order valence-electron chi connectivity index (χ4n) is 4.54. The van der Waals surface area contributed by atoms with Crippen molar-refractivity contribution in [2.75, 3.05) is 31.2 Å². The van der Waals surface area contributed by atoms with Crippen molar-refractivity contribution in [1.29, 1.82) is 0 Å². The van der Waals surface area contributed by atoms with Crippen LogP contribution in [0.3, 0.4) is 0 Å². The van der Waals surface area contributed by atoms with Gasteiger partial charge in [-0.05, 0) is 58.8 Å². The molecule has 1 fully saturated rings. The zero-order chi connectivity index (χ0) is 20.2. The summed E-state index contributed by atoms with van der Waals surface area (Å²) in [6, 6.07) is 1.76. The van der Waals surface area contributed by atoms with Gasteiger partial charge in [0.15, 0.2) is 5.82 Å². The molecule has 2 aliphatic heterocycles. The van der Waals surface area contributed by atoms with Crippen LogP contribution in [0.25, 0.3) is 10.9 Å². The minimum atomic E-state index is -1.29. The van der Waals surface area contributed by atoms with Gasteiger partial charge in [-0.1, -0.05) is 0 Å². The molecule has 1 saturated heterocycles. The smallest absolute Gasteiger partial charge is 0.341 e. The summed E-state index contributed by atoms with van der Waals surface area (Å²) in [7, 11) is 2.06. The average Bonchev–Trinajstić information content (AvgIpc) is 3.02. The van der Waals surface area contributed by atoms with Crippen LogP contribution in [0.1, 0.15) is 48.3 Å². The largest absolute Gasteiger partial charge is 0.477 e. The summed E-state index contributed by atoms with van der Waals surface area (Å²) in [6.45, 7) is 3.82. The summed E-state index contributed by atoms with van der Waals surface area (Å²) in [5.74, 6) is -1.98. The fourth-order valence-corrected chi connectivity index (χ4v) is 4.54. The van der Waals surface area contributed by atoms with Crippen molar-refractivity contribution in [3.05, 3.63) is 33.4 Å². The van der Waals surface area contributed by atoms with Crippen molar-refractivity contribution in [1.82, 2.24) is 9.47 Å². The Bertz CT molecular complexity index is 1020. The van der Waals surface area contributed by atoms with E-state index in [1.54, 1.807) is 6.07 Å². The minimum absolute atomic E-state index is 0.0113. The summed E-state index contributed by atoms with van der Waals surface area (Å²) in [5, 5.41) is 12.8. The molecule has 0 amide bonds. The standard InChI is InChI=1S/C20H25FN4O3/c1-10-3-4-13-16(20(27)28)19(26)15-14(25(10)13)9-12(17(21)18(15)22)23-11-5-7-24(2)8-6-11/h9-11,23H,3-8,22H2,1-2H3,(H,27,28)/t10-/m1/s1. The lowest BCUT2D eigenvalue weighted by Gasteiger charge is -2.30. The maximum Gasteiger partial charge on any atom is 0.341 e. The van der Waals surface area contributed by atoms with E-state index in [4.69, 9.17) is 5.73 Å². The van der Waals surface area contributed by atoms with Crippen molar-refractivity contribution >= 4 is 28.2 Å². The van der Waals surface area contributed by atoms with Gasteiger partial charge in [0.05, 0.1) is 22.3 Å². The van der Waals surface area contributed by atoms with Gasteiger partial charge in [0.2, 0.25) is 5.43 Å². The third kappa shape index (κ3) is 2.83. The van der Waals surface area contributed by atoms with Crippen LogP contribution in [0.5, 0.6) is 0 Å². The van der Waals surface area contributed by atoms with Gasteiger partial charge in [-0.25, -0.2) is 9.18 Å². The maximum atomic E-state index is 15.0. The monoisotopic (exact) mass is 388 g/mol. The summed E-state index contributed by atoms with van der Waals surface area (Å²) in [6.07, 6.45) is 3.01. The zero-order valence-corrected chi connectivity index (χ0v) is 16.1. The highest BCUT2D eigenvalue weighted by Gasteiger charge is 2.31. The summed E-state index contributed by atoms with van der Waals surface area (Å²) >= 11 is 0. The van der Waals surface area contributed by atoms with E-state index in [2.05, 4.69) is 17.3 Å². The molecule has 7 nitrogen and oxygen atoms in total. The number of aromatic carboxylic acids is 1. The number of pyridine rings is 1. The van der Waals surface area contributed by atoms with E-state index in [1.165, 1.54) is 0 Å². The quantitative estimate of drug-likeness (QED) is 0.699. The molecule has 0 bridgehead atoms. The van der Waals surface area contributed by atoms with Crippen molar-refractivity contribution in [3.63, 3.8) is 0 Å². The average molecular weight is 388 g/mol. The number of aromatic nitrogens is 1. The molecule has 4 N–H and O–H groups in total. The lowest BCUT2D eigenvalue weighted by Crippen LogP contribution is -2.37. The van der Waals surface area contributed by atoms with Crippen molar-refractivity contribution in [3.8, 4) is 0 Å². The second kappa shape index (κ2) is 6.77. The Balaban J connectivity index is 1.91. The highest BCUT2D eigenvalue weighted by molar-refractivity contribution is 6.00. The molecule has 28 heavy (non-hydrogen) atoms. The number of likely N-dealkylation sites (tertiary alicyclic amines) is 1. The normalized spacial score (nSPS) is 20.5. The fraction of sp³-hybridized carbons (Fsp3) is 0.500. The maximum absolute atomic E-state index is 15.0. The molecule has 2 aliphatic rings. The molecule has 1 aromatic heterocycles. The number of carboxylic acid groups (broad SMARTS) is 1. The number of anilines is 2. The SMILES string of the molecule is C[C@@H]1CCc2c(C(=O)O)c(=O)c3c(N)c(F)c(NC4CCN(C)CC4)cc3n21. The molecule has 1 aromatic carbocycles. The number of nitrogens with zero attached hydrogens (tertiary/aromatic N) is 2. The molecular formula is C20H25FN4O3. The highest BCUT2D eigenvalue weighted by atomic mass is 19.1. The van der Waals surface area contributed by atoms with Crippen molar-refractivity contribution in [2.24, 2.45) is 0 Å². The first-order valence-corrected chi connectivity index (χ1v) is 9.67. The van der Waals surface area contributed by atoms with Crippen molar-refractivity contribution < 1.29 is 14.3 Å². The molecule has 0 saturated carbocycles. The zero-order valence-electron chi connectivity index (χ0n) is 16.1. The van der Waals surface area contributed by atoms with E-state index >= 15 is 4.39 Å². The first-order valence-electron chi connectivity index (χ1n) is 9.67. The number of benzene rings is 1. The van der Waals surface area contributed by atoms with Crippen LogP contribution in [-0.4, -0.2) is 46.7 Å². The summed E-state index contributed by atoms with van der Waals surface area (Å²) < 4.78 is 16.9. The predicted molar refractivity (Wildman–Crippen MR) is 107 cm³/mol. The Morgan fingerprint density at radius 1 is 1.32 bits per heavy atom. The Hall–Kier alpha value is -2.61. The van der Waals surface area contributed by atoms with Crippen LogP contribution in [0, 0.1) is 5.82 Å². The van der Waals surface area contributed by atoms with Gasteiger partial charge in [-0.2, -0.15) is 0 Å². The van der Waals surface area contributed by atoms with Gasteiger partial charge in [0.1, 0.15) is 5.56 Å². The number of carbonyl (C=O) groups is 1. The van der Waals surface area contributed by atoms with E-state index < -0.39 is 17.2 Å². The van der Waals surface area contributed by atoms with Crippen LogP contribution in [-0.2, 0) is 6.42 Å². The molecule has 0 aliphatic carbocycles. The third-order valence-electron chi connectivity index (χ3n) is 6.10. The number of halogens is 1. The van der Waals surface area contributed by atoms with Crippen LogP contribution in [0.2, 0.25) is 0 Å².